The normalized spacial score (nSPS) is 12.5. The molecule has 0 heterocycles. The van der Waals surface area contributed by atoms with Gasteiger partial charge in [-0.3, -0.25) is 0 Å². The van der Waals surface area contributed by atoms with E-state index >= 15 is 0 Å². The molecule has 1 nitrogen and oxygen atoms in total. The molecule has 1 atom stereocenters. The summed E-state index contributed by atoms with van der Waals surface area (Å²) in [4.78, 5) is 0. The molecule has 0 fully saturated rings. The van der Waals surface area contributed by atoms with E-state index in [-0.39, 0.29) is 22.5 Å². The lowest BCUT2D eigenvalue weighted by Gasteiger charge is -2.14. The molecule has 2 rings (SSSR count). The molecule has 0 aliphatic heterocycles. The smallest absolute Gasteiger partial charge is 0.143 e. The Kier molecular flexibility index (Phi) is 5.12. The van der Waals surface area contributed by atoms with Crippen LogP contribution < -0.4 is 5.73 Å². The molecule has 0 saturated heterocycles. The van der Waals surface area contributed by atoms with Crippen molar-refractivity contribution in [2.24, 2.45) is 5.73 Å². The van der Waals surface area contributed by atoms with Gasteiger partial charge in [-0.2, -0.15) is 0 Å². The van der Waals surface area contributed by atoms with Crippen LogP contribution in [0.3, 0.4) is 0 Å². The molecule has 0 aliphatic rings. The maximum atomic E-state index is 13.9. The van der Waals surface area contributed by atoms with Gasteiger partial charge in [0.1, 0.15) is 11.6 Å². The molecule has 0 radical (unpaired) electrons. The van der Waals surface area contributed by atoms with E-state index in [4.69, 9.17) is 5.73 Å². The van der Waals surface area contributed by atoms with Crippen molar-refractivity contribution >= 4 is 15.9 Å². The molecule has 1 unspecified atom stereocenters. The fourth-order valence-corrected chi connectivity index (χ4v) is 2.70. The van der Waals surface area contributed by atoms with Crippen molar-refractivity contribution < 1.29 is 8.78 Å². The summed E-state index contributed by atoms with van der Waals surface area (Å²) in [6.07, 6.45) is 0.760. The predicted octanol–water partition coefficient (Wildman–Crippen LogP) is 4.46. The maximum absolute atomic E-state index is 13.9. The number of hydrogen-bond donors (Lipinski definition) is 1. The third-order valence-corrected chi connectivity index (χ3v) is 4.29. The highest BCUT2D eigenvalue weighted by atomic mass is 79.9. The molecule has 2 aromatic carbocycles. The van der Waals surface area contributed by atoms with E-state index in [1.807, 2.05) is 26.0 Å². The SMILES string of the molecule is Cc1ccc(CC(N)Cc2c(F)ccc(Br)c2F)cc1C. The molecule has 0 spiro atoms. The summed E-state index contributed by atoms with van der Waals surface area (Å²) >= 11 is 3.07. The Labute approximate surface area is 132 Å². The molecule has 2 aromatic rings. The third kappa shape index (κ3) is 3.89. The molecule has 2 N–H and O–H groups in total. The highest BCUT2D eigenvalue weighted by molar-refractivity contribution is 9.10. The number of halogens is 3. The van der Waals surface area contributed by atoms with E-state index in [1.54, 1.807) is 0 Å². The van der Waals surface area contributed by atoms with Gasteiger partial charge in [0.05, 0.1) is 4.47 Å². The van der Waals surface area contributed by atoms with Crippen LogP contribution in [0, 0.1) is 25.5 Å². The Hall–Kier alpha value is -1.26. The Morgan fingerprint density at radius 3 is 2.43 bits per heavy atom. The first kappa shape index (κ1) is 16.1. The lowest BCUT2D eigenvalue weighted by atomic mass is 9.97. The Morgan fingerprint density at radius 2 is 1.76 bits per heavy atom. The van der Waals surface area contributed by atoms with Gasteiger partial charge >= 0.3 is 0 Å². The Bertz CT molecular complexity index is 655. The first-order valence-electron chi connectivity index (χ1n) is 6.82. The van der Waals surface area contributed by atoms with Crippen LogP contribution in [0.25, 0.3) is 0 Å². The Morgan fingerprint density at radius 1 is 1.05 bits per heavy atom. The molecule has 0 saturated carbocycles. The van der Waals surface area contributed by atoms with Gasteiger partial charge < -0.3 is 5.73 Å². The van der Waals surface area contributed by atoms with Gasteiger partial charge in [-0.15, -0.1) is 0 Å². The third-order valence-electron chi connectivity index (χ3n) is 3.67. The summed E-state index contributed by atoms with van der Waals surface area (Å²) in [5.41, 5.74) is 9.60. The standard InChI is InChI=1S/C17H18BrF2N/c1-10-3-4-12(7-11(10)2)8-13(21)9-14-16(19)6-5-15(18)17(14)20/h3-7,13H,8-9,21H2,1-2H3. The van der Waals surface area contributed by atoms with E-state index in [0.717, 1.165) is 5.56 Å². The minimum absolute atomic E-state index is 0.0423. The highest BCUT2D eigenvalue weighted by Gasteiger charge is 2.16. The molecular formula is C17H18BrF2N. The molecular weight excluding hydrogens is 336 g/mol. The quantitative estimate of drug-likeness (QED) is 0.807. The minimum Gasteiger partial charge on any atom is -0.327 e. The van der Waals surface area contributed by atoms with Gasteiger partial charge in [-0.1, -0.05) is 18.2 Å². The van der Waals surface area contributed by atoms with Crippen molar-refractivity contribution in [3.8, 4) is 0 Å². The van der Waals surface area contributed by atoms with E-state index in [9.17, 15) is 8.78 Å². The van der Waals surface area contributed by atoms with Crippen molar-refractivity contribution in [3.05, 3.63) is 68.7 Å². The second kappa shape index (κ2) is 6.67. The van der Waals surface area contributed by atoms with E-state index < -0.39 is 11.6 Å². The van der Waals surface area contributed by atoms with Crippen LogP contribution in [-0.2, 0) is 12.8 Å². The van der Waals surface area contributed by atoms with Crippen molar-refractivity contribution in [1.29, 1.82) is 0 Å². The Balaban J connectivity index is 2.13. The second-order valence-corrected chi connectivity index (χ2v) is 6.26. The van der Waals surface area contributed by atoms with Crippen molar-refractivity contribution in [2.75, 3.05) is 0 Å². The van der Waals surface area contributed by atoms with Gasteiger partial charge in [-0.05, 0) is 71.4 Å². The fourth-order valence-electron chi connectivity index (χ4n) is 2.32. The molecule has 4 heteroatoms. The zero-order valence-electron chi connectivity index (χ0n) is 12.1. The van der Waals surface area contributed by atoms with Crippen LogP contribution in [0.4, 0.5) is 8.78 Å². The zero-order valence-corrected chi connectivity index (χ0v) is 13.7. The first-order valence-corrected chi connectivity index (χ1v) is 7.62. The van der Waals surface area contributed by atoms with E-state index in [0.29, 0.717) is 6.42 Å². The maximum Gasteiger partial charge on any atom is 0.143 e. The van der Waals surface area contributed by atoms with E-state index in [1.165, 1.54) is 23.3 Å². The summed E-state index contributed by atoms with van der Waals surface area (Å²) in [5.74, 6) is -1.11. The van der Waals surface area contributed by atoms with Gasteiger partial charge in [0, 0.05) is 11.6 Å². The number of hydrogen-bond acceptors (Lipinski definition) is 1. The van der Waals surface area contributed by atoms with Crippen LogP contribution >= 0.6 is 15.9 Å². The van der Waals surface area contributed by atoms with Crippen LogP contribution in [0.1, 0.15) is 22.3 Å². The average molecular weight is 354 g/mol. The molecule has 21 heavy (non-hydrogen) atoms. The minimum atomic E-state index is -0.564. The van der Waals surface area contributed by atoms with Crippen LogP contribution in [0.5, 0.6) is 0 Å². The fraction of sp³-hybridized carbons (Fsp3) is 0.294. The largest absolute Gasteiger partial charge is 0.327 e. The monoisotopic (exact) mass is 353 g/mol. The van der Waals surface area contributed by atoms with Crippen molar-refractivity contribution in [2.45, 2.75) is 32.7 Å². The molecule has 0 bridgehead atoms. The highest BCUT2D eigenvalue weighted by Crippen LogP contribution is 2.23. The summed E-state index contributed by atoms with van der Waals surface area (Å²) < 4.78 is 27.9. The first-order chi connectivity index (χ1) is 9.88. The average Bonchev–Trinajstić information content (AvgIpc) is 2.43. The van der Waals surface area contributed by atoms with Crippen molar-refractivity contribution in [1.82, 2.24) is 0 Å². The number of rotatable bonds is 4. The molecule has 0 aromatic heterocycles. The number of benzene rings is 2. The molecule has 0 aliphatic carbocycles. The number of aryl methyl sites for hydroxylation is 2. The van der Waals surface area contributed by atoms with Gasteiger partial charge in [0.2, 0.25) is 0 Å². The van der Waals surface area contributed by atoms with Gasteiger partial charge in [0.25, 0.3) is 0 Å². The second-order valence-electron chi connectivity index (χ2n) is 5.41. The zero-order chi connectivity index (χ0) is 15.6. The van der Waals surface area contributed by atoms with Crippen molar-refractivity contribution in [3.63, 3.8) is 0 Å². The summed E-state index contributed by atoms with van der Waals surface area (Å²) in [7, 11) is 0. The van der Waals surface area contributed by atoms with Gasteiger partial charge in [0.15, 0.2) is 0 Å². The summed E-state index contributed by atoms with van der Waals surface area (Å²) in [6.45, 7) is 4.09. The topological polar surface area (TPSA) is 26.0 Å². The number of nitrogens with two attached hydrogens (primary N) is 1. The lowest BCUT2D eigenvalue weighted by Crippen LogP contribution is -2.26. The van der Waals surface area contributed by atoms with Crippen LogP contribution in [0.2, 0.25) is 0 Å². The van der Waals surface area contributed by atoms with Gasteiger partial charge in [-0.25, -0.2) is 8.78 Å². The van der Waals surface area contributed by atoms with Crippen LogP contribution in [0.15, 0.2) is 34.8 Å². The summed E-state index contributed by atoms with van der Waals surface area (Å²) in [5, 5.41) is 0. The lowest BCUT2D eigenvalue weighted by molar-refractivity contribution is 0.530. The van der Waals surface area contributed by atoms with Crippen LogP contribution in [-0.4, -0.2) is 6.04 Å². The molecule has 0 amide bonds. The predicted molar refractivity (Wildman–Crippen MR) is 85.4 cm³/mol. The summed E-state index contributed by atoms with van der Waals surface area (Å²) in [6, 6.07) is 8.41. The molecule has 112 valence electrons. The van der Waals surface area contributed by atoms with E-state index in [2.05, 4.69) is 22.0 Å².